The Kier molecular flexibility index (Phi) is 6.64. The summed E-state index contributed by atoms with van der Waals surface area (Å²) in [4.78, 5) is 28.8. The van der Waals surface area contributed by atoms with Crippen molar-refractivity contribution in [3.63, 3.8) is 0 Å². The molecule has 2 rings (SSSR count). The zero-order valence-corrected chi connectivity index (χ0v) is 15.0. The minimum absolute atomic E-state index is 0.0776. The predicted molar refractivity (Wildman–Crippen MR) is 94.0 cm³/mol. The monoisotopic (exact) mass is 332 g/mol. The summed E-state index contributed by atoms with van der Waals surface area (Å²) in [7, 11) is 1.64. The number of carbonyl (C=O) groups excluding carboxylic acids is 2. The van der Waals surface area contributed by atoms with Crippen LogP contribution in [0.1, 0.15) is 38.7 Å². The number of likely N-dealkylation sites (tertiary alicyclic amines) is 1. The van der Waals surface area contributed by atoms with Gasteiger partial charge in [0, 0.05) is 26.1 Å². The van der Waals surface area contributed by atoms with E-state index in [4.69, 9.17) is 4.74 Å². The number of benzene rings is 1. The van der Waals surface area contributed by atoms with Crippen LogP contribution < -0.4 is 4.74 Å². The van der Waals surface area contributed by atoms with Gasteiger partial charge in [-0.2, -0.15) is 0 Å². The molecule has 5 nitrogen and oxygen atoms in total. The van der Waals surface area contributed by atoms with Gasteiger partial charge in [0.15, 0.2) is 0 Å². The Morgan fingerprint density at radius 1 is 1.21 bits per heavy atom. The van der Waals surface area contributed by atoms with Gasteiger partial charge < -0.3 is 14.5 Å². The Balaban J connectivity index is 1.93. The molecule has 2 amide bonds. The summed E-state index contributed by atoms with van der Waals surface area (Å²) in [5.74, 6) is 0.985. The van der Waals surface area contributed by atoms with Gasteiger partial charge in [-0.05, 0) is 50.8 Å². The van der Waals surface area contributed by atoms with Gasteiger partial charge in [-0.3, -0.25) is 9.59 Å². The smallest absolute Gasteiger partial charge is 0.245 e. The molecule has 1 fully saturated rings. The molecule has 0 radical (unpaired) electrons. The number of hydrogen-bond donors (Lipinski definition) is 0. The highest BCUT2D eigenvalue weighted by molar-refractivity contribution is 5.88. The molecular formula is C19H28N2O3. The van der Waals surface area contributed by atoms with Crippen molar-refractivity contribution in [1.82, 2.24) is 9.80 Å². The SMILES string of the molecule is CCN(CC)C(=O)[C@H]1CCCN1C(=O)CCc1ccc(OC)cc1. The molecule has 0 aromatic heterocycles. The highest BCUT2D eigenvalue weighted by atomic mass is 16.5. The summed E-state index contributed by atoms with van der Waals surface area (Å²) in [5.41, 5.74) is 1.11. The average Bonchev–Trinajstić information content (AvgIpc) is 3.11. The fourth-order valence-electron chi connectivity index (χ4n) is 3.26. The number of likely N-dealkylation sites (N-methyl/N-ethyl adjacent to an activating group) is 1. The van der Waals surface area contributed by atoms with Crippen LogP contribution in [0.2, 0.25) is 0 Å². The number of amides is 2. The third-order valence-corrected chi connectivity index (χ3v) is 4.72. The molecule has 1 aliphatic heterocycles. The highest BCUT2D eigenvalue weighted by Crippen LogP contribution is 2.21. The van der Waals surface area contributed by atoms with E-state index >= 15 is 0 Å². The Labute approximate surface area is 144 Å². The molecule has 0 bridgehead atoms. The topological polar surface area (TPSA) is 49.9 Å². The van der Waals surface area contributed by atoms with Gasteiger partial charge >= 0.3 is 0 Å². The number of aryl methyl sites for hydroxylation is 1. The normalized spacial score (nSPS) is 17.0. The molecule has 1 aromatic rings. The molecule has 1 aliphatic rings. The molecule has 0 saturated carbocycles. The first-order valence-electron chi connectivity index (χ1n) is 8.81. The van der Waals surface area contributed by atoms with Gasteiger partial charge in [0.25, 0.3) is 0 Å². The van der Waals surface area contributed by atoms with Crippen molar-refractivity contribution in [2.45, 2.75) is 45.6 Å². The predicted octanol–water partition coefficient (Wildman–Crippen LogP) is 2.49. The van der Waals surface area contributed by atoms with E-state index in [9.17, 15) is 9.59 Å². The minimum Gasteiger partial charge on any atom is -0.497 e. The lowest BCUT2D eigenvalue weighted by Gasteiger charge is -2.29. The third-order valence-electron chi connectivity index (χ3n) is 4.72. The number of ether oxygens (including phenoxy) is 1. The van der Waals surface area contributed by atoms with Gasteiger partial charge in [-0.25, -0.2) is 0 Å². The maximum atomic E-state index is 12.6. The quantitative estimate of drug-likeness (QED) is 0.771. The Bertz CT molecular complexity index is 552. The van der Waals surface area contributed by atoms with Crippen LogP contribution in [0, 0.1) is 0 Å². The molecule has 1 atom stereocenters. The molecule has 1 saturated heterocycles. The lowest BCUT2D eigenvalue weighted by Crippen LogP contribution is -2.47. The van der Waals surface area contributed by atoms with Crippen molar-refractivity contribution < 1.29 is 14.3 Å². The molecule has 0 aliphatic carbocycles. The Morgan fingerprint density at radius 2 is 1.88 bits per heavy atom. The van der Waals surface area contributed by atoms with E-state index in [-0.39, 0.29) is 17.9 Å². The second-order valence-electron chi connectivity index (χ2n) is 6.10. The first kappa shape index (κ1) is 18.3. The molecule has 0 unspecified atom stereocenters. The van der Waals surface area contributed by atoms with E-state index in [0.717, 1.165) is 24.2 Å². The fraction of sp³-hybridized carbons (Fsp3) is 0.579. The van der Waals surface area contributed by atoms with Crippen molar-refractivity contribution >= 4 is 11.8 Å². The highest BCUT2D eigenvalue weighted by Gasteiger charge is 2.35. The first-order valence-corrected chi connectivity index (χ1v) is 8.81. The number of nitrogens with zero attached hydrogens (tertiary/aromatic N) is 2. The van der Waals surface area contributed by atoms with Crippen LogP contribution in [0.3, 0.4) is 0 Å². The van der Waals surface area contributed by atoms with Crippen molar-refractivity contribution in [2.75, 3.05) is 26.7 Å². The van der Waals surface area contributed by atoms with Gasteiger partial charge in [0.1, 0.15) is 11.8 Å². The molecule has 0 spiro atoms. The van der Waals surface area contributed by atoms with Gasteiger partial charge in [-0.1, -0.05) is 12.1 Å². The van der Waals surface area contributed by atoms with Crippen molar-refractivity contribution in [2.24, 2.45) is 0 Å². The van der Waals surface area contributed by atoms with Crippen LogP contribution in [0.5, 0.6) is 5.75 Å². The summed E-state index contributed by atoms with van der Waals surface area (Å²) in [6.45, 7) is 6.04. The van der Waals surface area contributed by atoms with Crippen molar-refractivity contribution in [3.05, 3.63) is 29.8 Å². The second-order valence-corrected chi connectivity index (χ2v) is 6.10. The summed E-state index contributed by atoms with van der Waals surface area (Å²) in [6.07, 6.45) is 2.81. The van der Waals surface area contributed by atoms with E-state index in [2.05, 4.69) is 0 Å². The largest absolute Gasteiger partial charge is 0.497 e. The molecule has 1 heterocycles. The van der Waals surface area contributed by atoms with E-state index in [1.165, 1.54) is 0 Å². The number of rotatable bonds is 7. The van der Waals surface area contributed by atoms with Crippen molar-refractivity contribution in [3.8, 4) is 5.75 Å². The van der Waals surface area contributed by atoms with Crippen LogP contribution in [-0.2, 0) is 16.0 Å². The average molecular weight is 332 g/mol. The van der Waals surface area contributed by atoms with Crippen LogP contribution in [0.25, 0.3) is 0 Å². The zero-order chi connectivity index (χ0) is 17.5. The Morgan fingerprint density at radius 3 is 2.46 bits per heavy atom. The second kappa shape index (κ2) is 8.71. The number of hydrogen-bond acceptors (Lipinski definition) is 3. The third kappa shape index (κ3) is 4.28. The van der Waals surface area contributed by atoms with E-state index in [1.807, 2.05) is 43.0 Å². The Hall–Kier alpha value is -2.04. The standard InChI is InChI=1S/C19H28N2O3/c1-4-20(5-2)19(23)17-7-6-14-21(17)18(22)13-10-15-8-11-16(24-3)12-9-15/h8-9,11-12,17H,4-7,10,13-14H2,1-3H3/t17-/m1/s1. The van der Waals surface area contributed by atoms with E-state index < -0.39 is 0 Å². The minimum atomic E-state index is -0.270. The maximum Gasteiger partial charge on any atom is 0.245 e. The van der Waals surface area contributed by atoms with Crippen LogP contribution in [0.4, 0.5) is 0 Å². The van der Waals surface area contributed by atoms with E-state index in [0.29, 0.717) is 32.5 Å². The maximum absolute atomic E-state index is 12.6. The van der Waals surface area contributed by atoms with Crippen molar-refractivity contribution in [1.29, 1.82) is 0 Å². The van der Waals surface area contributed by atoms with Gasteiger partial charge in [-0.15, -0.1) is 0 Å². The molecule has 5 heteroatoms. The first-order chi connectivity index (χ1) is 11.6. The molecule has 132 valence electrons. The molecule has 24 heavy (non-hydrogen) atoms. The van der Waals surface area contributed by atoms with Crippen LogP contribution >= 0.6 is 0 Å². The number of carbonyl (C=O) groups is 2. The number of methoxy groups -OCH3 is 1. The van der Waals surface area contributed by atoms with Gasteiger partial charge in [0.2, 0.25) is 11.8 Å². The summed E-state index contributed by atoms with van der Waals surface area (Å²) in [6, 6.07) is 7.50. The summed E-state index contributed by atoms with van der Waals surface area (Å²) < 4.78 is 5.14. The molecule has 0 N–H and O–H groups in total. The lowest BCUT2D eigenvalue weighted by molar-refractivity contribution is -0.143. The van der Waals surface area contributed by atoms with Gasteiger partial charge in [0.05, 0.1) is 7.11 Å². The summed E-state index contributed by atoms with van der Waals surface area (Å²) in [5, 5.41) is 0. The van der Waals surface area contributed by atoms with E-state index in [1.54, 1.807) is 12.0 Å². The lowest BCUT2D eigenvalue weighted by atomic mass is 10.1. The van der Waals surface area contributed by atoms with Crippen LogP contribution in [0.15, 0.2) is 24.3 Å². The zero-order valence-electron chi connectivity index (χ0n) is 15.0. The summed E-state index contributed by atoms with van der Waals surface area (Å²) >= 11 is 0. The fourth-order valence-corrected chi connectivity index (χ4v) is 3.26. The van der Waals surface area contributed by atoms with Crippen LogP contribution in [-0.4, -0.2) is 54.4 Å². The molecular weight excluding hydrogens is 304 g/mol. The molecule has 1 aromatic carbocycles.